The molecule has 0 unspecified atom stereocenters. The lowest BCUT2D eigenvalue weighted by Crippen LogP contribution is -2.04. The Kier molecular flexibility index (Phi) is 4.73. The van der Waals surface area contributed by atoms with Crippen molar-refractivity contribution < 1.29 is 9.90 Å². The van der Waals surface area contributed by atoms with E-state index in [1.165, 1.54) is 4.80 Å². The summed E-state index contributed by atoms with van der Waals surface area (Å²) < 4.78 is 0. The molecule has 31 heavy (non-hydrogen) atoms. The molecule has 1 heterocycles. The molecule has 1 aromatic heterocycles. The zero-order valence-corrected chi connectivity index (χ0v) is 17.0. The van der Waals surface area contributed by atoms with E-state index in [0.29, 0.717) is 16.3 Å². The lowest BCUT2D eigenvalue weighted by molar-refractivity contribution is 0.0696. The summed E-state index contributed by atoms with van der Waals surface area (Å²) in [5, 5.41) is 21.7. The van der Waals surface area contributed by atoms with Gasteiger partial charge in [-0.3, -0.25) is 0 Å². The van der Waals surface area contributed by atoms with Crippen molar-refractivity contribution in [3.05, 3.63) is 101 Å². The third kappa shape index (κ3) is 3.67. The number of hydrogen-bond donors (Lipinski definition) is 1. The van der Waals surface area contributed by atoms with Crippen LogP contribution in [0, 0.1) is 0 Å². The molecule has 0 radical (unpaired) electrons. The van der Waals surface area contributed by atoms with Gasteiger partial charge in [-0.1, -0.05) is 72.3 Å². The van der Waals surface area contributed by atoms with Crippen molar-refractivity contribution in [1.29, 1.82) is 0 Å². The minimum absolute atomic E-state index is 0.175. The van der Waals surface area contributed by atoms with Crippen LogP contribution in [-0.4, -0.2) is 26.1 Å². The summed E-state index contributed by atoms with van der Waals surface area (Å²) in [7, 11) is 0. The Morgan fingerprint density at radius 3 is 2.52 bits per heavy atom. The molecule has 4 aromatic carbocycles. The number of benzene rings is 4. The van der Waals surface area contributed by atoms with Gasteiger partial charge in [0, 0.05) is 10.4 Å². The van der Waals surface area contributed by atoms with E-state index in [9.17, 15) is 9.90 Å². The molecule has 5 nitrogen and oxygen atoms in total. The number of nitrogens with zero attached hydrogens (tertiary/aromatic N) is 3. The van der Waals surface area contributed by atoms with Crippen LogP contribution in [0.3, 0.4) is 0 Å². The van der Waals surface area contributed by atoms with E-state index in [4.69, 9.17) is 11.6 Å². The predicted octanol–water partition coefficient (Wildman–Crippen LogP) is 6.10. The monoisotopic (exact) mass is 425 g/mol. The van der Waals surface area contributed by atoms with Crippen LogP contribution in [0.1, 0.15) is 21.5 Å². The van der Waals surface area contributed by atoms with Crippen molar-refractivity contribution in [2.75, 3.05) is 0 Å². The minimum Gasteiger partial charge on any atom is -0.478 e. The molecular weight excluding hydrogens is 410 g/mol. The molecule has 150 valence electrons. The van der Waals surface area contributed by atoms with E-state index in [1.54, 1.807) is 30.3 Å². The quantitative estimate of drug-likeness (QED) is 0.353. The van der Waals surface area contributed by atoms with Gasteiger partial charge in [-0.05, 0) is 46.8 Å². The van der Waals surface area contributed by atoms with Gasteiger partial charge >= 0.3 is 5.97 Å². The zero-order valence-electron chi connectivity index (χ0n) is 16.2. The van der Waals surface area contributed by atoms with Crippen LogP contribution in [0.15, 0.2) is 78.9 Å². The number of aromatic nitrogens is 3. The average molecular weight is 426 g/mol. The fraction of sp³-hybridized carbons (Fsp3) is 0. The minimum atomic E-state index is -1.01. The van der Waals surface area contributed by atoms with Crippen molar-refractivity contribution in [1.82, 2.24) is 15.0 Å². The molecular formula is C25H16ClN3O2. The van der Waals surface area contributed by atoms with E-state index in [0.717, 1.165) is 27.4 Å². The molecule has 0 aliphatic heterocycles. The maximum absolute atomic E-state index is 11.9. The molecule has 0 amide bonds. The normalized spacial score (nSPS) is 11.5. The highest BCUT2D eigenvalue weighted by Gasteiger charge is 2.13. The fourth-order valence-electron chi connectivity index (χ4n) is 3.52. The van der Waals surface area contributed by atoms with Crippen LogP contribution in [0.25, 0.3) is 39.6 Å². The molecule has 6 heteroatoms. The lowest BCUT2D eigenvalue weighted by atomic mass is 10.0. The number of fused-ring (bicyclic) bond motifs is 3. The predicted molar refractivity (Wildman–Crippen MR) is 124 cm³/mol. The highest BCUT2D eigenvalue weighted by molar-refractivity contribution is 6.30. The molecule has 0 spiro atoms. The fourth-order valence-corrected chi connectivity index (χ4v) is 3.65. The van der Waals surface area contributed by atoms with Gasteiger partial charge in [0.15, 0.2) is 0 Å². The summed E-state index contributed by atoms with van der Waals surface area (Å²) in [4.78, 5) is 13.4. The largest absolute Gasteiger partial charge is 0.478 e. The molecule has 5 rings (SSSR count). The molecule has 0 saturated carbocycles. The van der Waals surface area contributed by atoms with Gasteiger partial charge in [0.05, 0.1) is 11.3 Å². The van der Waals surface area contributed by atoms with Crippen LogP contribution < -0.4 is 0 Å². The second-order valence-corrected chi connectivity index (χ2v) is 7.54. The molecule has 0 aliphatic carbocycles. The first kappa shape index (κ1) is 19.0. The zero-order chi connectivity index (χ0) is 21.4. The Hall–Kier alpha value is -3.96. The molecule has 0 saturated heterocycles. The first-order valence-corrected chi connectivity index (χ1v) is 10.0. The summed E-state index contributed by atoms with van der Waals surface area (Å²) in [6.45, 7) is 0. The SMILES string of the molecule is O=C(O)c1cc(-n2nc3ccc4ccccc4c3n2)ccc1C=Cc1ccc(Cl)cc1. The molecule has 0 fully saturated rings. The van der Waals surface area contributed by atoms with Gasteiger partial charge in [0.1, 0.15) is 11.0 Å². The molecule has 5 aromatic rings. The Labute approximate surface area is 182 Å². The summed E-state index contributed by atoms with van der Waals surface area (Å²) in [5.41, 5.74) is 3.81. The van der Waals surface area contributed by atoms with Gasteiger partial charge < -0.3 is 5.11 Å². The Morgan fingerprint density at radius 2 is 1.71 bits per heavy atom. The number of halogens is 1. The van der Waals surface area contributed by atoms with E-state index in [2.05, 4.69) is 10.2 Å². The van der Waals surface area contributed by atoms with Gasteiger partial charge in [-0.15, -0.1) is 10.2 Å². The van der Waals surface area contributed by atoms with E-state index < -0.39 is 5.97 Å². The maximum Gasteiger partial charge on any atom is 0.336 e. The third-order valence-electron chi connectivity index (χ3n) is 5.10. The van der Waals surface area contributed by atoms with E-state index in [-0.39, 0.29) is 5.56 Å². The van der Waals surface area contributed by atoms with Crippen LogP contribution in [0.5, 0.6) is 0 Å². The van der Waals surface area contributed by atoms with E-state index in [1.807, 2.05) is 60.7 Å². The first-order valence-electron chi connectivity index (χ1n) is 9.65. The second-order valence-electron chi connectivity index (χ2n) is 7.11. The number of rotatable bonds is 4. The number of hydrogen-bond acceptors (Lipinski definition) is 3. The number of carboxylic acids is 1. The average Bonchev–Trinajstić information content (AvgIpc) is 3.23. The summed E-state index contributed by atoms with van der Waals surface area (Å²) in [6, 6.07) is 24.4. The van der Waals surface area contributed by atoms with Crippen molar-refractivity contribution in [2.24, 2.45) is 0 Å². The Morgan fingerprint density at radius 1 is 0.903 bits per heavy atom. The van der Waals surface area contributed by atoms with Gasteiger partial charge in [-0.2, -0.15) is 4.80 Å². The number of carboxylic acid groups (broad SMARTS) is 1. The Bertz CT molecular complexity index is 1470. The topological polar surface area (TPSA) is 68.0 Å². The van der Waals surface area contributed by atoms with Gasteiger partial charge in [0.2, 0.25) is 0 Å². The first-order chi connectivity index (χ1) is 15.1. The van der Waals surface area contributed by atoms with Crippen LogP contribution in [0.2, 0.25) is 5.02 Å². The van der Waals surface area contributed by atoms with Crippen LogP contribution in [0.4, 0.5) is 0 Å². The highest BCUT2D eigenvalue weighted by Crippen LogP contribution is 2.24. The van der Waals surface area contributed by atoms with Crippen molar-refractivity contribution >= 4 is 51.5 Å². The van der Waals surface area contributed by atoms with Gasteiger partial charge in [0.25, 0.3) is 0 Å². The summed E-state index contributed by atoms with van der Waals surface area (Å²) in [6.07, 6.45) is 3.63. The van der Waals surface area contributed by atoms with Crippen LogP contribution in [-0.2, 0) is 0 Å². The molecule has 0 aliphatic rings. The smallest absolute Gasteiger partial charge is 0.336 e. The lowest BCUT2D eigenvalue weighted by Gasteiger charge is -2.05. The second kappa shape index (κ2) is 7.70. The van der Waals surface area contributed by atoms with E-state index >= 15 is 0 Å². The molecule has 0 bridgehead atoms. The summed E-state index contributed by atoms with van der Waals surface area (Å²) >= 11 is 5.92. The Balaban J connectivity index is 1.56. The maximum atomic E-state index is 11.9. The number of aromatic carboxylic acids is 1. The third-order valence-corrected chi connectivity index (χ3v) is 5.35. The van der Waals surface area contributed by atoms with Gasteiger partial charge in [-0.25, -0.2) is 4.79 Å². The summed E-state index contributed by atoms with van der Waals surface area (Å²) in [5.74, 6) is -1.01. The van der Waals surface area contributed by atoms with Crippen molar-refractivity contribution in [3.8, 4) is 5.69 Å². The standard InChI is InChI=1S/C25H16ClN3O2/c26-19-11-6-16(7-12-19)5-8-18-9-13-20(15-22(18)25(30)31)29-27-23-14-10-17-3-1-2-4-21(17)24(23)28-29/h1-15H,(H,30,31). The van der Waals surface area contributed by atoms with Crippen molar-refractivity contribution in [3.63, 3.8) is 0 Å². The van der Waals surface area contributed by atoms with Crippen molar-refractivity contribution in [2.45, 2.75) is 0 Å². The molecule has 0 atom stereocenters. The number of carbonyl (C=O) groups is 1. The molecule has 1 N–H and O–H groups in total. The van der Waals surface area contributed by atoms with Crippen LogP contribution >= 0.6 is 11.6 Å². The highest BCUT2D eigenvalue weighted by atomic mass is 35.5.